The highest BCUT2D eigenvalue weighted by molar-refractivity contribution is 5.93. The van der Waals surface area contributed by atoms with Gasteiger partial charge in [0, 0.05) is 11.6 Å². The lowest BCUT2D eigenvalue weighted by molar-refractivity contribution is 0.0697. The Hall–Kier alpha value is -3.67. The number of imidazole rings is 1. The number of carboxylic acid groups (broad SMARTS) is 1. The van der Waals surface area contributed by atoms with E-state index in [2.05, 4.69) is 4.57 Å². The van der Waals surface area contributed by atoms with E-state index in [-0.39, 0.29) is 11.6 Å². The molecule has 1 heterocycles. The Balaban J connectivity index is 1.48. The van der Waals surface area contributed by atoms with E-state index >= 15 is 0 Å². The normalized spacial score (nSPS) is 18.3. The Labute approximate surface area is 191 Å². The lowest BCUT2D eigenvalue weighted by atomic mass is 9.93. The molecule has 0 atom stereocenters. The van der Waals surface area contributed by atoms with Gasteiger partial charge in [0.2, 0.25) is 0 Å². The first-order chi connectivity index (χ1) is 16.1. The van der Waals surface area contributed by atoms with Crippen molar-refractivity contribution >= 4 is 17.0 Å². The molecule has 5 rings (SSSR count). The Morgan fingerprint density at radius 2 is 1.73 bits per heavy atom. The highest BCUT2D eigenvalue weighted by Crippen LogP contribution is 2.37. The second-order valence-corrected chi connectivity index (χ2v) is 8.52. The summed E-state index contributed by atoms with van der Waals surface area (Å²) in [5.74, 6) is 0.548. The van der Waals surface area contributed by atoms with Crippen molar-refractivity contribution in [1.29, 1.82) is 0 Å². The number of fused-ring (bicyclic) bond motifs is 1. The highest BCUT2D eigenvalue weighted by Gasteiger charge is 2.26. The third kappa shape index (κ3) is 4.46. The minimum absolute atomic E-state index is 0.127. The van der Waals surface area contributed by atoms with Crippen molar-refractivity contribution in [3.63, 3.8) is 0 Å². The largest absolute Gasteiger partial charge is 0.489 e. The van der Waals surface area contributed by atoms with Crippen LogP contribution in [0.2, 0.25) is 0 Å². The number of carboxylic acids is 1. The van der Waals surface area contributed by atoms with Gasteiger partial charge < -0.3 is 14.4 Å². The topological polar surface area (TPSA) is 64.3 Å². The van der Waals surface area contributed by atoms with Gasteiger partial charge in [0.1, 0.15) is 24.4 Å². The summed E-state index contributed by atoms with van der Waals surface area (Å²) < 4.78 is 21.9. The molecule has 1 aliphatic rings. The standard InChI is InChI=1S/C27H25FN2O3/c28-21-9-11-22(12-10-21)30-25-15-8-20(27(31)32)16-24(25)29-26(30)19-6-13-23(14-7-19)33-17-18-4-2-1-3-5-18/h1-8,13-16,21-22H,9-12,17H2,(H,31,32). The lowest BCUT2D eigenvalue weighted by Crippen LogP contribution is -2.19. The number of carbonyl (C=O) groups is 1. The molecule has 6 heteroatoms. The van der Waals surface area contributed by atoms with Gasteiger partial charge in [0.05, 0.1) is 16.6 Å². The molecule has 4 aromatic rings. The fourth-order valence-electron chi connectivity index (χ4n) is 4.54. The highest BCUT2D eigenvalue weighted by atomic mass is 19.1. The third-order valence-electron chi connectivity index (χ3n) is 6.29. The summed E-state index contributed by atoms with van der Waals surface area (Å²) in [5.41, 5.74) is 3.73. The lowest BCUT2D eigenvalue weighted by Gasteiger charge is -2.27. The van der Waals surface area contributed by atoms with Gasteiger partial charge in [-0.15, -0.1) is 0 Å². The predicted octanol–water partition coefficient (Wildman–Crippen LogP) is 6.43. The van der Waals surface area contributed by atoms with Gasteiger partial charge in [-0.2, -0.15) is 0 Å². The SMILES string of the molecule is O=C(O)c1ccc2c(c1)nc(-c1ccc(OCc3ccccc3)cc1)n2C1CCC(F)CC1. The average molecular weight is 445 g/mol. The summed E-state index contributed by atoms with van der Waals surface area (Å²) in [6, 6.07) is 22.9. The number of hydrogen-bond donors (Lipinski definition) is 1. The first kappa shape index (κ1) is 21.2. The van der Waals surface area contributed by atoms with Crippen LogP contribution in [0.4, 0.5) is 4.39 Å². The van der Waals surface area contributed by atoms with Crippen LogP contribution < -0.4 is 4.74 Å². The molecule has 1 aliphatic carbocycles. The van der Waals surface area contributed by atoms with E-state index in [9.17, 15) is 14.3 Å². The minimum atomic E-state index is -0.981. The van der Waals surface area contributed by atoms with Crippen molar-refractivity contribution in [2.75, 3.05) is 0 Å². The number of benzene rings is 3. The van der Waals surface area contributed by atoms with Crippen molar-refractivity contribution in [3.05, 3.63) is 83.9 Å². The van der Waals surface area contributed by atoms with E-state index in [1.165, 1.54) is 0 Å². The smallest absolute Gasteiger partial charge is 0.335 e. The Morgan fingerprint density at radius 1 is 1.00 bits per heavy atom. The first-order valence-corrected chi connectivity index (χ1v) is 11.2. The summed E-state index contributed by atoms with van der Waals surface area (Å²) in [6.45, 7) is 0.489. The minimum Gasteiger partial charge on any atom is -0.489 e. The van der Waals surface area contributed by atoms with Gasteiger partial charge >= 0.3 is 5.97 Å². The summed E-state index contributed by atoms with van der Waals surface area (Å²) in [5, 5.41) is 9.39. The molecule has 1 saturated carbocycles. The molecular formula is C27H25FN2O3. The second kappa shape index (κ2) is 9.06. The molecule has 0 saturated heterocycles. The van der Waals surface area contributed by atoms with Crippen molar-refractivity contribution < 1.29 is 19.0 Å². The van der Waals surface area contributed by atoms with Gasteiger partial charge in [0.15, 0.2) is 0 Å². The van der Waals surface area contributed by atoms with Crippen LogP contribution in [0.3, 0.4) is 0 Å². The Morgan fingerprint density at radius 3 is 2.42 bits per heavy atom. The second-order valence-electron chi connectivity index (χ2n) is 8.52. The van der Waals surface area contributed by atoms with Crippen LogP contribution in [0.25, 0.3) is 22.4 Å². The molecule has 0 unspecified atom stereocenters. The fraction of sp³-hybridized carbons (Fsp3) is 0.259. The molecule has 1 N–H and O–H groups in total. The maximum absolute atomic E-state index is 13.8. The van der Waals surface area contributed by atoms with Crippen molar-refractivity contribution in [2.45, 2.75) is 44.5 Å². The van der Waals surface area contributed by atoms with E-state index in [1.54, 1.807) is 12.1 Å². The summed E-state index contributed by atoms with van der Waals surface area (Å²) in [6.07, 6.45) is 1.78. The number of hydrogen-bond acceptors (Lipinski definition) is 3. The predicted molar refractivity (Wildman–Crippen MR) is 125 cm³/mol. The van der Waals surface area contributed by atoms with E-state index in [4.69, 9.17) is 9.72 Å². The van der Waals surface area contributed by atoms with Crippen LogP contribution >= 0.6 is 0 Å². The molecule has 33 heavy (non-hydrogen) atoms. The van der Waals surface area contributed by atoms with Crippen molar-refractivity contribution in [1.82, 2.24) is 9.55 Å². The zero-order valence-corrected chi connectivity index (χ0v) is 18.2. The number of nitrogens with zero attached hydrogens (tertiary/aromatic N) is 2. The molecule has 0 aliphatic heterocycles. The Kier molecular flexibility index (Phi) is 5.82. The van der Waals surface area contributed by atoms with Gasteiger partial charge in [-0.3, -0.25) is 0 Å². The molecule has 1 aromatic heterocycles. The quantitative estimate of drug-likeness (QED) is 0.372. The van der Waals surface area contributed by atoms with Crippen LogP contribution in [0, 0.1) is 0 Å². The van der Waals surface area contributed by atoms with E-state index in [0.29, 0.717) is 25.0 Å². The van der Waals surface area contributed by atoms with Crippen molar-refractivity contribution in [3.8, 4) is 17.1 Å². The van der Waals surface area contributed by atoms with Gasteiger partial charge in [-0.25, -0.2) is 14.2 Å². The van der Waals surface area contributed by atoms with Crippen LogP contribution in [-0.2, 0) is 6.61 Å². The zero-order valence-electron chi connectivity index (χ0n) is 18.2. The number of halogens is 1. The average Bonchev–Trinajstić information content (AvgIpc) is 3.23. The van der Waals surface area contributed by atoms with Crippen LogP contribution in [0.15, 0.2) is 72.8 Å². The third-order valence-corrected chi connectivity index (χ3v) is 6.29. The van der Waals surface area contributed by atoms with Crippen LogP contribution in [-0.4, -0.2) is 26.8 Å². The molecule has 3 aromatic carbocycles. The van der Waals surface area contributed by atoms with Gasteiger partial charge in [-0.05, 0) is 73.7 Å². The molecule has 0 radical (unpaired) electrons. The van der Waals surface area contributed by atoms with Gasteiger partial charge in [-0.1, -0.05) is 30.3 Å². The van der Waals surface area contributed by atoms with E-state index < -0.39 is 12.1 Å². The molecule has 0 amide bonds. The molecule has 1 fully saturated rings. The molecule has 0 bridgehead atoms. The molecule has 168 valence electrons. The Bertz CT molecular complexity index is 1260. The fourth-order valence-corrected chi connectivity index (χ4v) is 4.54. The first-order valence-electron chi connectivity index (χ1n) is 11.2. The number of aromatic carboxylic acids is 1. The van der Waals surface area contributed by atoms with Crippen molar-refractivity contribution in [2.24, 2.45) is 0 Å². The number of ether oxygens (including phenoxy) is 1. The van der Waals surface area contributed by atoms with E-state index in [1.807, 2.05) is 60.7 Å². The maximum Gasteiger partial charge on any atom is 0.335 e. The summed E-state index contributed by atoms with van der Waals surface area (Å²) in [7, 11) is 0. The monoisotopic (exact) mass is 444 g/mol. The van der Waals surface area contributed by atoms with Crippen LogP contribution in [0.1, 0.15) is 47.6 Å². The van der Waals surface area contributed by atoms with E-state index in [0.717, 1.165) is 41.1 Å². The summed E-state index contributed by atoms with van der Waals surface area (Å²) >= 11 is 0. The van der Waals surface area contributed by atoms with Gasteiger partial charge in [0.25, 0.3) is 0 Å². The number of alkyl halides is 1. The van der Waals surface area contributed by atoms with Crippen LogP contribution in [0.5, 0.6) is 5.75 Å². The molecule has 0 spiro atoms. The zero-order chi connectivity index (χ0) is 22.8. The molecule has 5 nitrogen and oxygen atoms in total. The maximum atomic E-state index is 13.8. The molecular weight excluding hydrogens is 419 g/mol. The number of aromatic nitrogens is 2. The number of rotatable bonds is 6. The summed E-state index contributed by atoms with van der Waals surface area (Å²) in [4.78, 5) is 16.3.